The first-order valence-electron chi connectivity index (χ1n) is 10.1. The van der Waals surface area contributed by atoms with Crippen LogP contribution in [0.5, 0.6) is 0 Å². The molecule has 19 nitrogen and oxygen atoms in total. The van der Waals surface area contributed by atoms with Gasteiger partial charge in [-0.1, -0.05) is 0 Å². The van der Waals surface area contributed by atoms with Crippen molar-refractivity contribution < 1.29 is 67.3 Å². The van der Waals surface area contributed by atoms with Gasteiger partial charge < -0.3 is 50.5 Å². The summed E-state index contributed by atoms with van der Waals surface area (Å²) in [5.41, 5.74) is 3.59. The molecule has 0 saturated carbocycles. The van der Waals surface area contributed by atoms with E-state index in [0.717, 1.165) is 16.8 Å². The van der Waals surface area contributed by atoms with Crippen LogP contribution in [-0.4, -0.2) is 107 Å². The van der Waals surface area contributed by atoms with Gasteiger partial charge in [0.2, 0.25) is 0 Å². The Hall–Kier alpha value is -1.38. The van der Waals surface area contributed by atoms with E-state index in [1.54, 1.807) is 0 Å². The summed E-state index contributed by atoms with van der Waals surface area (Å²) in [5.74, 6) is 0. The Morgan fingerprint density at radius 1 is 0.944 bits per heavy atom. The first kappa shape index (κ1) is 29.2. The van der Waals surface area contributed by atoms with Gasteiger partial charge in [-0.25, -0.2) is 13.9 Å². The summed E-state index contributed by atoms with van der Waals surface area (Å²) in [6, 6.07) is 0.935. The number of H-pyrrole nitrogens is 1. The first-order chi connectivity index (χ1) is 16.7. The molecule has 0 bridgehead atoms. The lowest BCUT2D eigenvalue weighted by molar-refractivity contribution is -0.273. The molecule has 0 spiro atoms. The molecule has 11 atom stereocenters. The molecule has 0 amide bonds. The Morgan fingerprint density at radius 3 is 2.19 bits per heavy atom. The average Bonchev–Trinajstić information content (AvgIpc) is 3.06. The fourth-order valence-corrected chi connectivity index (χ4v) is 5.55. The molecular weight excluding hydrogens is 540 g/mol. The van der Waals surface area contributed by atoms with E-state index >= 15 is 0 Å². The molecule has 3 heterocycles. The van der Waals surface area contributed by atoms with Crippen LogP contribution < -0.4 is 17.0 Å². The summed E-state index contributed by atoms with van der Waals surface area (Å²) >= 11 is 0. The Labute approximate surface area is 200 Å². The predicted molar refractivity (Wildman–Crippen MR) is 111 cm³/mol. The van der Waals surface area contributed by atoms with Crippen molar-refractivity contribution in [2.24, 2.45) is 5.73 Å². The maximum atomic E-state index is 12.2. The Balaban J connectivity index is 1.61. The zero-order chi connectivity index (χ0) is 27.0. The highest BCUT2D eigenvalue weighted by Gasteiger charge is 2.49. The number of hydrogen-bond acceptors (Lipinski definition) is 15. The molecule has 36 heavy (non-hydrogen) atoms. The number of aromatic amines is 1. The molecule has 0 aromatic carbocycles. The fraction of sp³-hybridized carbons (Fsp3) is 0.733. The number of ether oxygens (including phenoxy) is 2. The van der Waals surface area contributed by atoms with Crippen molar-refractivity contribution in [3.05, 3.63) is 33.1 Å². The molecule has 21 heteroatoms. The summed E-state index contributed by atoms with van der Waals surface area (Å²) < 4.78 is 48.4. The van der Waals surface area contributed by atoms with E-state index < -0.39 is 95.3 Å². The maximum absolute atomic E-state index is 12.2. The minimum absolute atomic E-state index is 0.398. The standard InChI is InChI=1S/C15H25N3O16P2/c16-3-5-8(20)10(22)12(24)14(32-5)33-36(28,29)34-35(26,27)30-4-6-9(21)11(23)13(31-6)18-2-1-7(19)17-15(18)25/h1-2,5-6,8-14,20-24H,3-4,16H2,(H,26,27)(H,28,29)(H,17,19,25)/t5-,6-,8-,9-,10+,11-,12-,13-,14-/m1/s1. The smallest absolute Gasteiger partial charge is 0.388 e. The number of phosphoric ester groups is 2. The largest absolute Gasteiger partial charge is 0.483 e. The third-order valence-electron chi connectivity index (χ3n) is 5.21. The summed E-state index contributed by atoms with van der Waals surface area (Å²) in [6.45, 7) is -1.41. The topological polar surface area (TPSA) is 303 Å². The normalized spacial score (nSPS) is 38.4. The second-order valence-electron chi connectivity index (χ2n) is 7.73. The number of aromatic nitrogens is 2. The molecule has 2 saturated heterocycles. The maximum Gasteiger partial charge on any atom is 0.483 e. The number of nitrogens with zero attached hydrogens (tertiary/aromatic N) is 1. The average molecular weight is 565 g/mol. The van der Waals surface area contributed by atoms with Gasteiger partial charge in [0.25, 0.3) is 5.56 Å². The van der Waals surface area contributed by atoms with Crippen LogP contribution in [0.3, 0.4) is 0 Å². The third kappa shape index (κ3) is 6.54. The number of hydrogen-bond donors (Lipinski definition) is 9. The zero-order valence-corrected chi connectivity index (χ0v) is 19.8. The molecule has 2 aliphatic heterocycles. The van der Waals surface area contributed by atoms with Gasteiger partial charge in [-0.2, -0.15) is 4.31 Å². The third-order valence-corrected chi connectivity index (χ3v) is 7.81. The van der Waals surface area contributed by atoms with Crippen LogP contribution in [-0.2, 0) is 32.0 Å². The minimum atomic E-state index is -5.55. The Morgan fingerprint density at radius 2 is 1.58 bits per heavy atom. The Kier molecular flexibility index (Phi) is 9.05. The van der Waals surface area contributed by atoms with Gasteiger partial charge in [-0.15, -0.1) is 0 Å². The summed E-state index contributed by atoms with van der Waals surface area (Å²) in [7, 11) is -11.0. The molecule has 2 aliphatic rings. The molecule has 1 aromatic rings. The summed E-state index contributed by atoms with van der Waals surface area (Å²) in [4.78, 5) is 44.6. The number of aliphatic hydroxyl groups is 5. The number of rotatable bonds is 9. The summed E-state index contributed by atoms with van der Waals surface area (Å²) in [6.07, 6.45) is -14.8. The van der Waals surface area contributed by atoms with Crippen molar-refractivity contribution in [2.45, 2.75) is 55.2 Å². The van der Waals surface area contributed by atoms with E-state index in [1.807, 2.05) is 4.98 Å². The van der Waals surface area contributed by atoms with E-state index in [2.05, 4.69) is 13.4 Å². The first-order valence-corrected chi connectivity index (χ1v) is 13.1. The van der Waals surface area contributed by atoms with Crippen molar-refractivity contribution in [3.63, 3.8) is 0 Å². The van der Waals surface area contributed by atoms with E-state index in [1.165, 1.54) is 0 Å². The van der Waals surface area contributed by atoms with Gasteiger partial charge in [-0.05, 0) is 0 Å². The Bertz CT molecular complexity index is 1130. The van der Waals surface area contributed by atoms with E-state index in [4.69, 9.17) is 15.2 Å². The zero-order valence-electron chi connectivity index (χ0n) is 18.0. The molecule has 2 fully saturated rings. The van der Waals surface area contributed by atoms with E-state index in [9.17, 15) is 54.0 Å². The van der Waals surface area contributed by atoms with Crippen molar-refractivity contribution in [1.82, 2.24) is 9.55 Å². The molecule has 3 rings (SSSR count). The highest BCUT2D eigenvalue weighted by Crippen LogP contribution is 2.61. The van der Waals surface area contributed by atoms with Crippen LogP contribution in [0.4, 0.5) is 0 Å². The number of phosphoric acid groups is 2. The van der Waals surface area contributed by atoms with Crippen molar-refractivity contribution in [2.75, 3.05) is 13.2 Å². The van der Waals surface area contributed by atoms with Crippen molar-refractivity contribution in [1.29, 1.82) is 0 Å². The van der Waals surface area contributed by atoms with Crippen LogP contribution in [0.15, 0.2) is 21.9 Å². The van der Waals surface area contributed by atoms with Crippen LogP contribution >= 0.6 is 15.6 Å². The lowest BCUT2D eigenvalue weighted by Gasteiger charge is -2.39. The quantitative estimate of drug-likeness (QED) is 0.127. The lowest BCUT2D eigenvalue weighted by atomic mass is 9.99. The van der Waals surface area contributed by atoms with E-state index in [-0.39, 0.29) is 0 Å². The molecular formula is C15H25N3O16P2. The van der Waals surface area contributed by atoms with Crippen LogP contribution in [0.1, 0.15) is 6.23 Å². The van der Waals surface area contributed by atoms with Crippen LogP contribution in [0, 0.1) is 0 Å². The minimum Gasteiger partial charge on any atom is -0.388 e. The molecule has 10 N–H and O–H groups in total. The lowest BCUT2D eigenvalue weighted by Crippen LogP contribution is -2.59. The van der Waals surface area contributed by atoms with Gasteiger partial charge in [0.15, 0.2) is 12.5 Å². The van der Waals surface area contributed by atoms with Gasteiger partial charge in [0.1, 0.15) is 42.7 Å². The van der Waals surface area contributed by atoms with Crippen molar-refractivity contribution in [3.8, 4) is 0 Å². The molecule has 2 unspecified atom stereocenters. The predicted octanol–water partition coefficient (Wildman–Crippen LogP) is -4.83. The van der Waals surface area contributed by atoms with Crippen LogP contribution in [0.2, 0.25) is 0 Å². The van der Waals surface area contributed by atoms with Gasteiger partial charge >= 0.3 is 21.3 Å². The molecule has 0 aliphatic carbocycles. The van der Waals surface area contributed by atoms with Crippen molar-refractivity contribution >= 4 is 15.6 Å². The highest BCUT2D eigenvalue weighted by molar-refractivity contribution is 7.61. The van der Waals surface area contributed by atoms with E-state index in [0.29, 0.717) is 0 Å². The summed E-state index contributed by atoms with van der Waals surface area (Å²) in [5, 5.41) is 49.6. The number of aliphatic hydroxyl groups excluding tert-OH is 5. The highest BCUT2D eigenvalue weighted by atomic mass is 31.3. The monoisotopic (exact) mass is 565 g/mol. The number of nitrogens with one attached hydrogen (secondary N) is 1. The van der Waals surface area contributed by atoms with Gasteiger partial charge in [-0.3, -0.25) is 23.4 Å². The molecule has 0 radical (unpaired) electrons. The van der Waals surface area contributed by atoms with Crippen LogP contribution in [0.25, 0.3) is 0 Å². The second kappa shape index (κ2) is 11.2. The SMILES string of the molecule is NC[C@H]1O[C@H](OP(=O)(O)OP(=O)(O)OC[C@H]2O[C@@H](n3ccc(=O)[nH]c3=O)[C@H](O)[C@@H]2O)[C@H](O)[C@@H](O)[C@@H]1O. The second-order valence-corrected chi connectivity index (χ2v) is 10.7. The molecule has 206 valence electrons. The molecule has 1 aromatic heterocycles. The fourth-order valence-electron chi connectivity index (χ4n) is 3.39. The number of nitrogens with two attached hydrogens (primary N) is 1. The van der Waals surface area contributed by atoms with Gasteiger partial charge in [0.05, 0.1) is 6.61 Å². The van der Waals surface area contributed by atoms with Gasteiger partial charge in [0, 0.05) is 18.8 Å².